The van der Waals surface area contributed by atoms with Gasteiger partial charge in [0.15, 0.2) is 11.4 Å². The molecular weight excluding hydrogens is 423 g/mol. The second-order valence-electron chi connectivity index (χ2n) is 8.41. The van der Waals surface area contributed by atoms with Gasteiger partial charge in [-0.25, -0.2) is 4.39 Å². The standard InChI is InChI=1S/C26H23FN2O4/c1-16-8-10-17(11-9-16)22(30)15-29-21-14-18(12-13-23(21)33-26(2,3)25(29)32)24(31)28-20-7-5-4-6-19(20)27/h4-14H,15H2,1-3H3,(H,28,31). The highest BCUT2D eigenvalue weighted by Gasteiger charge is 2.42. The lowest BCUT2D eigenvalue weighted by molar-refractivity contribution is -0.132. The number of ether oxygens (including phenoxy) is 1. The Morgan fingerprint density at radius 2 is 1.67 bits per heavy atom. The van der Waals surface area contributed by atoms with Crippen LogP contribution in [0.2, 0.25) is 0 Å². The Hall–Kier alpha value is -4.00. The summed E-state index contributed by atoms with van der Waals surface area (Å²) in [6.07, 6.45) is 0. The van der Waals surface area contributed by atoms with Crippen molar-refractivity contribution in [1.29, 1.82) is 0 Å². The minimum Gasteiger partial charge on any atom is -0.476 e. The van der Waals surface area contributed by atoms with Crippen LogP contribution in [-0.2, 0) is 4.79 Å². The van der Waals surface area contributed by atoms with Crippen LogP contribution in [0.5, 0.6) is 5.75 Å². The quantitative estimate of drug-likeness (QED) is 0.573. The van der Waals surface area contributed by atoms with Gasteiger partial charge in [0.25, 0.3) is 11.8 Å². The number of rotatable bonds is 5. The second kappa shape index (κ2) is 8.50. The van der Waals surface area contributed by atoms with Crippen LogP contribution in [0.25, 0.3) is 0 Å². The zero-order chi connectivity index (χ0) is 23.8. The number of benzene rings is 3. The van der Waals surface area contributed by atoms with Crippen LogP contribution in [-0.4, -0.2) is 29.7 Å². The number of nitrogens with zero attached hydrogens (tertiary/aromatic N) is 1. The molecule has 33 heavy (non-hydrogen) atoms. The molecular formula is C26H23FN2O4. The molecule has 0 unspecified atom stereocenters. The minimum atomic E-state index is -1.18. The van der Waals surface area contributed by atoms with Crippen molar-refractivity contribution >= 4 is 29.0 Å². The third-order valence-electron chi connectivity index (χ3n) is 5.43. The predicted molar refractivity (Wildman–Crippen MR) is 123 cm³/mol. The van der Waals surface area contributed by atoms with Crippen LogP contribution in [0.4, 0.5) is 15.8 Å². The van der Waals surface area contributed by atoms with Crippen molar-refractivity contribution in [2.75, 3.05) is 16.8 Å². The number of carbonyl (C=O) groups excluding carboxylic acids is 3. The first-order chi connectivity index (χ1) is 15.7. The number of nitrogens with one attached hydrogen (secondary N) is 1. The maximum atomic E-state index is 13.9. The molecule has 0 aliphatic carbocycles. The van der Waals surface area contributed by atoms with E-state index in [-0.39, 0.29) is 23.6 Å². The van der Waals surface area contributed by atoms with E-state index in [4.69, 9.17) is 4.74 Å². The fourth-order valence-corrected chi connectivity index (χ4v) is 3.60. The molecule has 0 fully saturated rings. The van der Waals surface area contributed by atoms with Crippen molar-refractivity contribution in [2.45, 2.75) is 26.4 Å². The number of carbonyl (C=O) groups is 3. The van der Waals surface area contributed by atoms with E-state index in [0.29, 0.717) is 17.0 Å². The Morgan fingerprint density at radius 3 is 2.36 bits per heavy atom. The number of amides is 2. The molecule has 0 radical (unpaired) electrons. The topological polar surface area (TPSA) is 75.7 Å². The number of anilines is 2. The van der Waals surface area contributed by atoms with E-state index in [1.54, 1.807) is 38.1 Å². The van der Waals surface area contributed by atoms with Gasteiger partial charge in [-0.05, 0) is 51.1 Å². The Labute approximate surface area is 191 Å². The molecule has 7 heteroatoms. The van der Waals surface area contributed by atoms with Crippen LogP contribution in [0.1, 0.15) is 40.1 Å². The molecule has 3 aromatic carbocycles. The van der Waals surface area contributed by atoms with Gasteiger partial charge in [-0.3, -0.25) is 19.3 Å². The number of ketones is 1. The lowest BCUT2D eigenvalue weighted by Gasteiger charge is -2.38. The first-order valence-corrected chi connectivity index (χ1v) is 10.5. The highest BCUT2D eigenvalue weighted by atomic mass is 19.1. The molecule has 0 bridgehead atoms. The van der Waals surface area contributed by atoms with E-state index in [1.165, 1.54) is 35.2 Å². The van der Waals surface area contributed by atoms with Gasteiger partial charge in [0, 0.05) is 11.1 Å². The van der Waals surface area contributed by atoms with Crippen molar-refractivity contribution < 1.29 is 23.5 Å². The average Bonchev–Trinajstić information content (AvgIpc) is 2.78. The Bertz CT molecular complexity index is 1250. The van der Waals surface area contributed by atoms with Gasteiger partial charge in [-0.15, -0.1) is 0 Å². The molecule has 0 saturated carbocycles. The summed E-state index contributed by atoms with van der Waals surface area (Å²) < 4.78 is 19.8. The Kier molecular flexibility index (Phi) is 5.72. The maximum Gasteiger partial charge on any atom is 0.271 e. The number of hydrogen-bond acceptors (Lipinski definition) is 4. The fourth-order valence-electron chi connectivity index (χ4n) is 3.60. The summed E-state index contributed by atoms with van der Waals surface area (Å²) in [6.45, 7) is 4.97. The lowest BCUT2D eigenvalue weighted by atomic mass is 10.0. The summed E-state index contributed by atoms with van der Waals surface area (Å²) in [5, 5.41) is 2.52. The Balaban J connectivity index is 1.66. The van der Waals surface area contributed by atoms with Crippen molar-refractivity contribution in [1.82, 2.24) is 0 Å². The normalized spacial score (nSPS) is 14.3. The monoisotopic (exact) mass is 446 g/mol. The van der Waals surface area contributed by atoms with Crippen molar-refractivity contribution in [3.8, 4) is 5.75 Å². The number of hydrogen-bond donors (Lipinski definition) is 1. The molecule has 3 aromatic rings. The molecule has 1 heterocycles. The number of para-hydroxylation sites is 1. The summed E-state index contributed by atoms with van der Waals surface area (Å²) in [4.78, 5) is 40.2. The van der Waals surface area contributed by atoms with E-state index in [1.807, 2.05) is 19.1 Å². The highest BCUT2D eigenvalue weighted by Crippen LogP contribution is 2.38. The zero-order valence-electron chi connectivity index (χ0n) is 18.5. The molecule has 6 nitrogen and oxygen atoms in total. The summed E-state index contributed by atoms with van der Waals surface area (Å²) in [5.74, 6) is -1.38. The van der Waals surface area contributed by atoms with Crippen LogP contribution in [0.15, 0.2) is 66.7 Å². The zero-order valence-corrected chi connectivity index (χ0v) is 18.5. The second-order valence-corrected chi connectivity index (χ2v) is 8.41. The average molecular weight is 446 g/mol. The number of Topliss-reactive ketones (excluding diaryl/α,β-unsaturated/α-hetero) is 1. The third kappa shape index (κ3) is 4.48. The molecule has 1 aliphatic rings. The van der Waals surface area contributed by atoms with Gasteiger partial charge >= 0.3 is 0 Å². The largest absolute Gasteiger partial charge is 0.476 e. The molecule has 4 rings (SSSR count). The van der Waals surface area contributed by atoms with Gasteiger partial charge in [-0.2, -0.15) is 0 Å². The van der Waals surface area contributed by atoms with Crippen LogP contribution < -0.4 is 15.0 Å². The minimum absolute atomic E-state index is 0.0417. The third-order valence-corrected chi connectivity index (χ3v) is 5.43. The van der Waals surface area contributed by atoms with E-state index < -0.39 is 23.2 Å². The van der Waals surface area contributed by atoms with Crippen LogP contribution >= 0.6 is 0 Å². The van der Waals surface area contributed by atoms with Gasteiger partial charge in [0.05, 0.1) is 17.9 Å². The van der Waals surface area contributed by atoms with E-state index in [2.05, 4.69) is 5.32 Å². The van der Waals surface area contributed by atoms with Gasteiger partial charge in [0.1, 0.15) is 11.6 Å². The Morgan fingerprint density at radius 1 is 1.00 bits per heavy atom. The number of aryl methyl sites for hydroxylation is 1. The molecule has 2 amide bonds. The van der Waals surface area contributed by atoms with Crippen LogP contribution in [0.3, 0.4) is 0 Å². The predicted octanol–water partition coefficient (Wildman–Crippen LogP) is 4.77. The molecule has 0 aromatic heterocycles. The molecule has 0 spiro atoms. The molecule has 0 saturated heterocycles. The van der Waals surface area contributed by atoms with E-state index >= 15 is 0 Å². The lowest BCUT2D eigenvalue weighted by Crippen LogP contribution is -2.53. The number of fused-ring (bicyclic) bond motifs is 1. The van der Waals surface area contributed by atoms with Crippen molar-refractivity contribution in [3.63, 3.8) is 0 Å². The first kappa shape index (κ1) is 22.2. The first-order valence-electron chi connectivity index (χ1n) is 10.5. The SMILES string of the molecule is Cc1ccc(C(=O)CN2C(=O)C(C)(C)Oc3ccc(C(=O)Nc4ccccc4F)cc32)cc1. The van der Waals surface area contributed by atoms with Gasteiger partial charge < -0.3 is 10.1 Å². The summed E-state index contributed by atoms with van der Waals surface area (Å²) in [6, 6.07) is 17.5. The summed E-state index contributed by atoms with van der Waals surface area (Å²) in [7, 11) is 0. The van der Waals surface area contributed by atoms with Crippen molar-refractivity contribution in [3.05, 3.63) is 89.2 Å². The molecule has 1 N–H and O–H groups in total. The smallest absolute Gasteiger partial charge is 0.271 e. The molecule has 0 atom stereocenters. The van der Waals surface area contributed by atoms with E-state index in [0.717, 1.165) is 5.56 Å². The number of halogens is 1. The summed E-state index contributed by atoms with van der Waals surface area (Å²) in [5.41, 5.74) is 0.859. The van der Waals surface area contributed by atoms with Gasteiger partial charge in [-0.1, -0.05) is 42.0 Å². The molecule has 1 aliphatic heterocycles. The maximum absolute atomic E-state index is 13.9. The molecule has 168 valence electrons. The summed E-state index contributed by atoms with van der Waals surface area (Å²) >= 11 is 0. The van der Waals surface area contributed by atoms with Gasteiger partial charge in [0.2, 0.25) is 0 Å². The van der Waals surface area contributed by atoms with Crippen LogP contribution in [0, 0.1) is 12.7 Å². The van der Waals surface area contributed by atoms with E-state index in [9.17, 15) is 18.8 Å². The van der Waals surface area contributed by atoms with Crippen molar-refractivity contribution in [2.24, 2.45) is 0 Å². The highest BCUT2D eigenvalue weighted by molar-refractivity contribution is 6.11. The fraction of sp³-hybridized carbons (Fsp3) is 0.192.